The van der Waals surface area contributed by atoms with Gasteiger partial charge in [-0.3, -0.25) is 4.79 Å². The van der Waals surface area contributed by atoms with Gasteiger partial charge >= 0.3 is 0 Å². The van der Waals surface area contributed by atoms with Crippen LogP contribution in [0.5, 0.6) is 0 Å². The second-order valence-electron chi connectivity index (χ2n) is 5.23. The molecule has 1 N–H and O–H groups in total. The first-order chi connectivity index (χ1) is 10.7. The van der Waals surface area contributed by atoms with Gasteiger partial charge < -0.3 is 5.32 Å². The molecule has 3 aromatic rings. The molecule has 22 heavy (non-hydrogen) atoms. The Morgan fingerprint density at radius 2 is 1.64 bits per heavy atom. The third kappa shape index (κ3) is 3.31. The maximum absolute atomic E-state index is 13.5. The van der Waals surface area contributed by atoms with Crippen LogP contribution in [0.2, 0.25) is 0 Å². The summed E-state index contributed by atoms with van der Waals surface area (Å²) in [7, 11) is 0. The van der Waals surface area contributed by atoms with Gasteiger partial charge in [-0.25, -0.2) is 4.39 Å². The zero-order valence-electron chi connectivity index (χ0n) is 12.1. The van der Waals surface area contributed by atoms with E-state index in [1.807, 2.05) is 42.5 Å². The van der Waals surface area contributed by atoms with E-state index in [0.29, 0.717) is 12.0 Å². The minimum absolute atomic E-state index is 0.112. The standard InChI is InChI=1S/C19H16FNO/c20-18-8-4-3-7-17(18)13-21-19(22)12-14-9-10-15-5-1-2-6-16(15)11-14/h1-11H,12-13H2,(H,21,22). The predicted octanol–water partition coefficient (Wildman–Crippen LogP) is 3.84. The van der Waals surface area contributed by atoms with Crippen LogP contribution in [0.3, 0.4) is 0 Å². The fourth-order valence-electron chi connectivity index (χ4n) is 2.43. The summed E-state index contributed by atoms with van der Waals surface area (Å²) in [6.07, 6.45) is 0.291. The molecule has 0 aromatic heterocycles. The Morgan fingerprint density at radius 1 is 0.909 bits per heavy atom. The van der Waals surface area contributed by atoms with E-state index in [1.165, 1.54) is 6.07 Å². The van der Waals surface area contributed by atoms with Crippen molar-refractivity contribution >= 4 is 16.7 Å². The molecule has 0 spiro atoms. The lowest BCUT2D eigenvalue weighted by Gasteiger charge is -2.07. The van der Waals surface area contributed by atoms with Crippen LogP contribution in [0, 0.1) is 5.82 Å². The van der Waals surface area contributed by atoms with Crippen molar-refractivity contribution in [3.63, 3.8) is 0 Å². The highest BCUT2D eigenvalue weighted by Gasteiger charge is 2.06. The van der Waals surface area contributed by atoms with E-state index in [2.05, 4.69) is 5.32 Å². The van der Waals surface area contributed by atoms with Crippen molar-refractivity contribution in [2.45, 2.75) is 13.0 Å². The molecule has 0 aliphatic heterocycles. The Bertz CT molecular complexity index is 813. The fraction of sp³-hybridized carbons (Fsp3) is 0.105. The maximum Gasteiger partial charge on any atom is 0.224 e. The summed E-state index contributed by atoms with van der Waals surface area (Å²) < 4.78 is 13.5. The van der Waals surface area contributed by atoms with Gasteiger partial charge in [0.05, 0.1) is 6.42 Å². The second kappa shape index (κ2) is 6.39. The van der Waals surface area contributed by atoms with Crippen LogP contribution in [0.4, 0.5) is 4.39 Å². The summed E-state index contributed by atoms with van der Waals surface area (Å²) in [5, 5.41) is 5.02. The number of amides is 1. The third-order valence-electron chi connectivity index (χ3n) is 3.61. The van der Waals surface area contributed by atoms with Crippen LogP contribution < -0.4 is 5.32 Å². The minimum atomic E-state index is -0.298. The first kappa shape index (κ1) is 14.3. The first-order valence-electron chi connectivity index (χ1n) is 7.20. The number of rotatable bonds is 4. The van der Waals surface area contributed by atoms with Crippen molar-refractivity contribution in [1.82, 2.24) is 5.32 Å². The molecule has 2 nitrogen and oxygen atoms in total. The molecule has 110 valence electrons. The van der Waals surface area contributed by atoms with Gasteiger partial charge in [0, 0.05) is 12.1 Å². The van der Waals surface area contributed by atoms with E-state index in [1.54, 1.807) is 18.2 Å². The molecule has 0 saturated heterocycles. The van der Waals surface area contributed by atoms with Gasteiger partial charge in [-0.15, -0.1) is 0 Å². The van der Waals surface area contributed by atoms with E-state index >= 15 is 0 Å². The minimum Gasteiger partial charge on any atom is -0.352 e. The zero-order chi connectivity index (χ0) is 15.4. The highest BCUT2D eigenvalue weighted by atomic mass is 19.1. The molecular weight excluding hydrogens is 277 g/mol. The average molecular weight is 293 g/mol. The smallest absolute Gasteiger partial charge is 0.224 e. The van der Waals surface area contributed by atoms with Gasteiger partial charge in [-0.2, -0.15) is 0 Å². The number of fused-ring (bicyclic) bond motifs is 1. The summed E-state index contributed by atoms with van der Waals surface area (Å²) in [5.74, 6) is -0.410. The number of nitrogens with one attached hydrogen (secondary N) is 1. The van der Waals surface area contributed by atoms with Gasteiger partial charge in [-0.1, -0.05) is 60.7 Å². The lowest BCUT2D eigenvalue weighted by molar-refractivity contribution is -0.120. The van der Waals surface area contributed by atoms with Crippen LogP contribution in [0.15, 0.2) is 66.7 Å². The summed E-state index contributed by atoms with van der Waals surface area (Å²) in [5.41, 5.74) is 1.44. The SMILES string of the molecule is O=C(Cc1ccc2ccccc2c1)NCc1ccccc1F. The van der Waals surface area contributed by atoms with Crippen molar-refractivity contribution in [3.8, 4) is 0 Å². The molecule has 3 rings (SSSR count). The lowest BCUT2D eigenvalue weighted by atomic mass is 10.0. The Morgan fingerprint density at radius 3 is 2.45 bits per heavy atom. The molecule has 0 bridgehead atoms. The highest BCUT2D eigenvalue weighted by Crippen LogP contribution is 2.16. The molecule has 0 heterocycles. The summed E-state index contributed by atoms with van der Waals surface area (Å²) in [4.78, 5) is 12.0. The Balaban J connectivity index is 1.64. The van der Waals surface area contributed by atoms with Gasteiger partial charge in [-0.05, 0) is 22.4 Å². The number of carbonyl (C=O) groups excluding carboxylic acids is 1. The number of carbonyl (C=O) groups is 1. The fourth-order valence-corrected chi connectivity index (χ4v) is 2.43. The Labute approximate surface area is 128 Å². The Kier molecular flexibility index (Phi) is 4.15. The molecule has 0 unspecified atom stereocenters. The van der Waals surface area contributed by atoms with Gasteiger partial charge in [0.25, 0.3) is 0 Å². The molecule has 0 saturated carbocycles. The average Bonchev–Trinajstić information content (AvgIpc) is 2.54. The van der Waals surface area contributed by atoms with Gasteiger partial charge in [0.1, 0.15) is 5.82 Å². The van der Waals surface area contributed by atoms with Crippen LogP contribution in [-0.2, 0) is 17.8 Å². The van der Waals surface area contributed by atoms with Crippen molar-refractivity contribution < 1.29 is 9.18 Å². The monoisotopic (exact) mass is 293 g/mol. The van der Waals surface area contributed by atoms with Crippen LogP contribution in [0.25, 0.3) is 10.8 Å². The van der Waals surface area contributed by atoms with E-state index in [0.717, 1.165) is 16.3 Å². The van der Waals surface area contributed by atoms with Gasteiger partial charge in [0.2, 0.25) is 5.91 Å². The van der Waals surface area contributed by atoms with Crippen molar-refractivity contribution in [3.05, 3.63) is 83.7 Å². The quantitative estimate of drug-likeness (QED) is 0.778. The van der Waals surface area contributed by atoms with Crippen molar-refractivity contribution in [2.75, 3.05) is 0 Å². The Hall–Kier alpha value is -2.68. The number of benzene rings is 3. The largest absolute Gasteiger partial charge is 0.352 e. The van der Waals surface area contributed by atoms with Crippen molar-refractivity contribution in [2.24, 2.45) is 0 Å². The topological polar surface area (TPSA) is 29.1 Å². The van der Waals surface area contributed by atoms with Crippen LogP contribution in [-0.4, -0.2) is 5.91 Å². The molecule has 0 aliphatic rings. The van der Waals surface area contributed by atoms with Crippen molar-refractivity contribution in [1.29, 1.82) is 0 Å². The van der Waals surface area contributed by atoms with E-state index in [-0.39, 0.29) is 18.3 Å². The molecule has 0 fully saturated rings. The lowest BCUT2D eigenvalue weighted by Crippen LogP contribution is -2.25. The first-order valence-corrected chi connectivity index (χ1v) is 7.20. The van der Waals surface area contributed by atoms with Crippen LogP contribution >= 0.6 is 0 Å². The molecule has 3 aromatic carbocycles. The molecular formula is C19H16FNO. The highest BCUT2D eigenvalue weighted by molar-refractivity contribution is 5.85. The van der Waals surface area contributed by atoms with Crippen LogP contribution in [0.1, 0.15) is 11.1 Å². The van der Waals surface area contributed by atoms with E-state index < -0.39 is 0 Å². The summed E-state index contributed by atoms with van der Waals surface area (Å²) in [6.45, 7) is 0.207. The number of hydrogen-bond donors (Lipinski definition) is 1. The molecule has 0 radical (unpaired) electrons. The molecule has 3 heteroatoms. The second-order valence-corrected chi connectivity index (χ2v) is 5.23. The summed E-state index contributed by atoms with van der Waals surface area (Å²) >= 11 is 0. The summed E-state index contributed by atoms with van der Waals surface area (Å²) in [6, 6.07) is 20.5. The normalized spacial score (nSPS) is 10.6. The maximum atomic E-state index is 13.5. The number of hydrogen-bond acceptors (Lipinski definition) is 1. The van der Waals surface area contributed by atoms with E-state index in [9.17, 15) is 9.18 Å². The van der Waals surface area contributed by atoms with Gasteiger partial charge in [0.15, 0.2) is 0 Å². The predicted molar refractivity (Wildman–Crippen MR) is 85.9 cm³/mol. The molecule has 0 aliphatic carbocycles. The van der Waals surface area contributed by atoms with E-state index in [4.69, 9.17) is 0 Å². The molecule has 0 atom stereocenters. The third-order valence-corrected chi connectivity index (χ3v) is 3.61. The number of halogens is 1. The zero-order valence-corrected chi connectivity index (χ0v) is 12.1. The molecule has 1 amide bonds.